The topological polar surface area (TPSA) is 93.3 Å². The van der Waals surface area contributed by atoms with Gasteiger partial charge in [0, 0.05) is 12.7 Å². The Balaban J connectivity index is 2.08. The standard InChI is InChI=1S/C12H14N4O2/c13-16-11-7-12(15-8-14-11)18-10-3-1-9(2-4-10)5-6-17/h1-4,7-8,17H,5-6,13H2,(H,14,15,16). The summed E-state index contributed by atoms with van der Waals surface area (Å²) in [5.41, 5.74) is 3.47. The van der Waals surface area contributed by atoms with E-state index in [1.54, 1.807) is 6.07 Å². The third-order valence-corrected chi connectivity index (χ3v) is 2.34. The van der Waals surface area contributed by atoms with Crippen LogP contribution in [0.15, 0.2) is 36.7 Å². The van der Waals surface area contributed by atoms with Gasteiger partial charge in [0.1, 0.15) is 17.9 Å². The molecule has 0 spiro atoms. The number of nitrogens with one attached hydrogen (secondary N) is 1. The maximum absolute atomic E-state index is 8.81. The first-order valence-electron chi connectivity index (χ1n) is 5.48. The Labute approximate surface area is 104 Å². The number of nitrogens with zero attached hydrogens (tertiary/aromatic N) is 2. The highest BCUT2D eigenvalue weighted by Gasteiger charge is 2.01. The minimum Gasteiger partial charge on any atom is -0.439 e. The quantitative estimate of drug-likeness (QED) is 0.540. The molecule has 1 aromatic carbocycles. The third-order valence-electron chi connectivity index (χ3n) is 2.34. The van der Waals surface area contributed by atoms with E-state index in [1.165, 1.54) is 6.33 Å². The van der Waals surface area contributed by atoms with Gasteiger partial charge in [-0.3, -0.25) is 0 Å². The average molecular weight is 246 g/mol. The monoisotopic (exact) mass is 246 g/mol. The van der Waals surface area contributed by atoms with Crippen molar-refractivity contribution in [2.45, 2.75) is 6.42 Å². The van der Waals surface area contributed by atoms with Crippen LogP contribution in [0.1, 0.15) is 5.56 Å². The molecule has 1 aromatic heterocycles. The molecule has 0 radical (unpaired) electrons. The molecule has 2 aromatic rings. The molecule has 0 unspecified atom stereocenters. The van der Waals surface area contributed by atoms with Crippen molar-refractivity contribution >= 4 is 5.82 Å². The van der Waals surface area contributed by atoms with E-state index >= 15 is 0 Å². The molecule has 0 aliphatic heterocycles. The van der Waals surface area contributed by atoms with E-state index in [2.05, 4.69) is 15.4 Å². The summed E-state index contributed by atoms with van der Waals surface area (Å²) in [5.74, 6) is 6.80. The van der Waals surface area contributed by atoms with Crippen molar-refractivity contribution in [2.24, 2.45) is 5.84 Å². The van der Waals surface area contributed by atoms with Crippen LogP contribution >= 0.6 is 0 Å². The predicted octanol–water partition coefficient (Wildman–Crippen LogP) is 1.09. The number of aliphatic hydroxyl groups excluding tert-OH is 1. The molecule has 0 amide bonds. The summed E-state index contributed by atoms with van der Waals surface area (Å²) in [6.45, 7) is 0.137. The second-order valence-electron chi connectivity index (χ2n) is 3.61. The van der Waals surface area contributed by atoms with Crippen LogP contribution in [0, 0.1) is 0 Å². The molecule has 1 heterocycles. The average Bonchev–Trinajstić information content (AvgIpc) is 2.42. The Hall–Kier alpha value is -2.18. The number of ether oxygens (including phenoxy) is 1. The molecule has 0 aliphatic carbocycles. The molecule has 6 heteroatoms. The van der Waals surface area contributed by atoms with Crippen molar-refractivity contribution in [3.8, 4) is 11.6 Å². The van der Waals surface area contributed by atoms with Crippen molar-refractivity contribution < 1.29 is 9.84 Å². The van der Waals surface area contributed by atoms with Gasteiger partial charge in [-0.25, -0.2) is 15.8 Å². The Morgan fingerprint density at radius 2 is 2.00 bits per heavy atom. The van der Waals surface area contributed by atoms with E-state index in [4.69, 9.17) is 15.7 Å². The van der Waals surface area contributed by atoms with Gasteiger partial charge >= 0.3 is 0 Å². The van der Waals surface area contributed by atoms with E-state index < -0.39 is 0 Å². The van der Waals surface area contributed by atoms with Crippen LogP contribution in [0.25, 0.3) is 0 Å². The molecule has 0 saturated carbocycles. The van der Waals surface area contributed by atoms with Gasteiger partial charge in [-0.1, -0.05) is 12.1 Å². The zero-order chi connectivity index (χ0) is 12.8. The molecule has 2 rings (SSSR count). The lowest BCUT2D eigenvalue weighted by molar-refractivity contribution is 0.299. The molecule has 0 aliphatic rings. The van der Waals surface area contributed by atoms with Crippen molar-refractivity contribution in [3.63, 3.8) is 0 Å². The van der Waals surface area contributed by atoms with Gasteiger partial charge in [-0.15, -0.1) is 0 Å². The first-order chi connectivity index (χ1) is 8.81. The van der Waals surface area contributed by atoms with Gasteiger partial charge in [0.2, 0.25) is 5.88 Å². The first-order valence-corrected chi connectivity index (χ1v) is 5.48. The van der Waals surface area contributed by atoms with Gasteiger partial charge in [-0.05, 0) is 24.1 Å². The third kappa shape index (κ3) is 3.16. The fourth-order valence-electron chi connectivity index (χ4n) is 1.45. The van der Waals surface area contributed by atoms with Crippen molar-refractivity contribution in [2.75, 3.05) is 12.0 Å². The van der Waals surface area contributed by atoms with Crippen LogP contribution < -0.4 is 16.0 Å². The van der Waals surface area contributed by atoms with Crippen molar-refractivity contribution in [1.29, 1.82) is 0 Å². The Kier molecular flexibility index (Phi) is 4.06. The summed E-state index contributed by atoms with van der Waals surface area (Å²) >= 11 is 0. The van der Waals surface area contributed by atoms with E-state index in [9.17, 15) is 0 Å². The second kappa shape index (κ2) is 5.95. The number of hydrazine groups is 1. The van der Waals surface area contributed by atoms with E-state index in [-0.39, 0.29) is 6.61 Å². The maximum Gasteiger partial charge on any atom is 0.224 e. The molecular formula is C12H14N4O2. The van der Waals surface area contributed by atoms with Crippen molar-refractivity contribution in [1.82, 2.24) is 9.97 Å². The van der Waals surface area contributed by atoms with E-state index in [0.29, 0.717) is 23.9 Å². The molecule has 0 saturated heterocycles. The molecule has 0 bridgehead atoms. The number of benzene rings is 1. The number of anilines is 1. The summed E-state index contributed by atoms with van der Waals surface area (Å²) in [5, 5.41) is 8.81. The number of hydrogen-bond acceptors (Lipinski definition) is 6. The lowest BCUT2D eigenvalue weighted by Crippen LogP contribution is -2.08. The second-order valence-corrected chi connectivity index (χ2v) is 3.61. The van der Waals surface area contributed by atoms with Gasteiger partial charge in [0.25, 0.3) is 0 Å². The minimum absolute atomic E-state index is 0.137. The fraction of sp³-hybridized carbons (Fsp3) is 0.167. The summed E-state index contributed by atoms with van der Waals surface area (Å²) in [6.07, 6.45) is 2.00. The number of nitrogen functional groups attached to an aromatic ring is 1. The van der Waals surface area contributed by atoms with Gasteiger partial charge in [0.15, 0.2) is 0 Å². The zero-order valence-corrected chi connectivity index (χ0v) is 9.71. The summed E-state index contributed by atoms with van der Waals surface area (Å²) in [4.78, 5) is 7.86. The van der Waals surface area contributed by atoms with Crippen LogP contribution in [0.4, 0.5) is 5.82 Å². The van der Waals surface area contributed by atoms with Gasteiger partial charge < -0.3 is 15.3 Å². The zero-order valence-electron chi connectivity index (χ0n) is 9.71. The molecule has 0 fully saturated rings. The summed E-state index contributed by atoms with van der Waals surface area (Å²) in [6, 6.07) is 9.04. The highest BCUT2D eigenvalue weighted by molar-refractivity contribution is 5.38. The number of nitrogens with two attached hydrogens (primary N) is 1. The maximum atomic E-state index is 8.81. The van der Waals surface area contributed by atoms with Crippen LogP contribution in [-0.2, 0) is 6.42 Å². The molecule has 4 N–H and O–H groups in total. The predicted molar refractivity (Wildman–Crippen MR) is 67.1 cm³/mol. The lowest BCUT2D eigenvalue weighted by Gasteiger charge is -2.06. The Morgan fingerprint density at radius 1 is 1.22 bits per heavy atom. The van der Waals surface area contributed by atoms with Crippen LogP contribution in [0.2, 0.25) is 0 Å². The van der Waals surface area contributed by atoms with Gasteiger partial charge in [0.05, 0.1) is 0 Å². The summed E-state index contributed by atoms with van der Waals surface area (Å²) in [7, 11) is 0. The Bertz CT molecular complexity index is 502. The minimum atomic E-state index is 0.137. The molecular weight excluding hydrogens is 232 g/mol. The smallest absolute Gasteiger partial charge is 0.224 e. The molecule has 94 valence electrons. The lowest BCUT2D eigenvalue weighted by atomic mass is 10.1. The molecule has 18 heavy (non-hydrogen) atoms. The fourth-order valence-corrected chi connectivity index (χ4v) is 1.45. The molecule has 0 atom stereocenters. The highest BCUT2D eigenvalue weighted by atomic mass is 16.5. The normalized spacial score (nSPS) is 10.1. The number of aromatic nitrogens is 2. The number of rotatable bonds is 5. The van der Waals surface area contributed by atoms with Crippen LogP contribution in [0.5, 0.6) is 11.6 Å². The van der Waals surface area contributed by atoms with E-state index in [1.807, 2.05) is 24.3 Å². The Morgan fingerprint density at radius 3 is 2.67 bits per heavy atom. The summed E-state index contributed by atoms with van der Waals surface area (Å²) < 4.78 is 5.54. The number of aliphatic hydroxyl groups is 1. The van der Waals surface area contributed by atoms with Gasteiger partial charge in [-0.2, -0.15) is 0 Å². The SMILES string of the molecule is NNc1cc(Oc2ccc(CCO)cc2)ncn1. The molecule has 6 nitrogen and oxygen atoms in total. The largest absolute Gasteiger partial charge is 0.439 e. The highest BCUT2D eigenvalue weighted by Crippen LogP contribution is 2.20. The van der Waals surface area contributed by atoms with Crippen LogP contribution in [0.3, 0.4) is 0 Å². The van der Waals surface area contributed by atoms with Crippen LogP contribution in [-0.4, -0.2) is 21.7 Å². The van der Waals surface area contributed by atoms with Crippen molar-refractivity contribution in [3.05, 3.63) is 42.2 Å². The first kappa shape index (κ1) is 12.3. The number of hydrogen-bond donors (Lipinski definition) is 3. The van der Waals surface area contributed by atoms with E-state index in [0.717, 1.165) is 5.56 Å².